The number of carbonyl (C=O) groups is 1. The van der Waals surface area contributed by atoms with E-state index < -0.39 is 5.97 Å². The van der Waals surface area contributed by atoms with E-state index in [1.54, 1.807) is 12.1 Å². The lowest BCUT2D eigenvalue weighted by Gasteiger charge is -2.15. The highest BCUT2D eigenvalue weighted by atomic mass is 16.4. The van der Waals surface area contributed by atoms with Gasteiger partial charge < -0.3 is 10.4 Å². The van der Waals surface area contributed by atoms with Crippen LogP contribution in [0.1, 0.15) is 36.0 Å². The summed E-state index contributed by atoms with van der Waals surface area (Å²) in [4.78, 5) is 11.0. The Labute approximate surface area is 89.1 Å². The van der Waals surface area contributed by atoms with Gasteiger partial charge in [-0.15, -0.1) is 0 Å². The molecule has 0 spiro atoms. The van der Waals surface area contributed by atoms with Crippen LogP contribution in [-0.2, 0) is 0 Å². The Morgan fingerprint density at radius 3 is 2.60 bits per heavy atom. The quantitative estimate of drug-likeness (QED) is 0.797. The van der Waals surface area contributed by atoms with Crippen molar-refractivity contribution in [1.29, 1.82) is 0 Å². The fourth-order valence-corrected chi connectivity index (χ4v) is 2.09. The summed E-state index contributed by atoms with van der Waals surface area (Å²) < 4.78 is 0. The van der Waals surface area contributed by atoms with E-state index in [4.69, 9.17) is 5.11 Å². The zero-order chi connectivity index (χ0) is 10.7. The molecule has 0 heterocycles. The molecule has 2 rings (SSSR count). The van der Waals surface area contributed by atoms with E-state index in [0.717, 1.165) is 18.5 Å². The van der Waals surface area contributed by atoms with Crippen molar-refractivity contribution < 1.29 is 9.90 Å². The summed E-state index contributed by atoms with van der Waals surface area (Å²) in [5.41, 5.74) is 1.11. The average Bonchev–Trinajstić information content (AvgIpc) is 2.71. The first-order chi connectivity index (χ1) is 7.27. The fourth-order valence-electron chi connectivity index (χ4n) is 2.09. The van der Waals surface area contributed by atoms with Gasteiger partial charge in [-0.3, -0.25) is 0 Å². The minimum atomic E-state index is -0.865. The number of carboxylic acids is 1. The van der Waals surface area contributed by atoms with Gasteiger partial charge in [0.15, 0.2) is 0 Å². The Kier molecular flexibility index (Phi) is 2.90. The van der Waals surface area contributed by atoms with Crippen molar-refractivity contribution in [1.82, 2.24) is 0 Å². The molecular weight excluding hydrogens is 190 g/mol. The largest absolute Gasteiger partial charge is 0.478 e. The van der Waals surface area contributed by atoms with Crippen LogP contribution in [0.4, 0.5) is 5.69 Å². The van der Waals surface area contributed by atoms with Crippen molar-refractivity contribution in [2.75, 3.05) is 5.32 Å². The molecule has 0 unspecified atom stereocenters. The number of aromatic carboxylic acids is 1. The molecule has 2 N–H and O–H groups in total. The second-order valence-corrected chi connectivity index (χ2v) is 3.98. The first-order valence-corrected chi connectivity index (χ1v) is 5.36. The molecule has 1 aliphatic carbocycles. The maximum Gasteiger partial charge on any atom is 0.337 e. The van der Waals surface area contributed by atoms with E-state index in [0.29, 0.717) is 11.6 Å². The number of hydrogen-bond donors (Lipinski definition) is 2. The number of para-hydroxylation sites is 1. The lowest BCUT2D eigenvalue weighted by atomic mass is 10.1. The van der Waals surface area contributed by atoms with E-state index in [1.165, 1.54) is 12.8 Å². The Balaban J connectivity index is 2.15. The first kappa shape index (κ1) is 10.0. The van der Waals surface area contributed by atoms with Gasteiger partial charge >= 0.3 is 5.97 Å². The molecule has 1 fully saturated rings. The van der Waals surface area contributed by atoms with Gasteiger partial charge in [-0.1, -0.05) is 25.0 Å². The zero-order valence-electron chi connectivity index (χ0n) is 8.57. The van der Waals surface area contributed by atoms with Crippen molar-refractivity contribution in [2.24, 2.45) is 0 Å². The van der Waals surface area contributed by atoms with E-state index in [2.05, 4.69) is 5.32 Å². The lowest BCUT2D eigenvalue weighted by Crippen LogP contribution is -2.16. The molecule has 0 radical (unpaired) electrons. The van der Waals surface area contributed by atoms with Gasteiger partial charge in [-0.2, -0.15) is 0 Å². The third-order valence-electron chi connectivity index (χ3n) is 2.87. The highest BCUT2D eigenvalue weighted by molar-refractivity contribution is 5.94. The van der Waals surface area contributed by atoms with E-state index >= 15 is 0 Å². The number of nitrogens with one attached hydrogen (secondary N) is 1. The smallest absolute Gasteiger partial charge is 0.337 e. The summed E-state index contributed by atoms with van der Waals surface area (Å²) >= 11 is 0. The van der Waals surface area contributed by atoms with Crippen molar-refractivity contribution in [3.63, 3.8) is 0 Å². The summed E-state index contributed by atoms with van der Waals surface area (Å²) in [5, 5.41) is 12.3. The highest BCUT2D eigenvalue weighted by Gasteiger charge is 2.17. The minimum absolute atomic E-state index is 0.365. The van der Waals surface area contributed by atoms with Crippen molar-refractivity contribution >= 4 is 11.7 Å². The fraction of sp³-hybridized carbons (Fsp3) is 0.417. The van der Waals surface area contributed by atoms with Crippen LogP contribution in [0, 0.1) is 0 Å². The Morgan fingerprint density at radius 2 is 1.93 bits per heavy atom. The molecule has 0 saturated heterocycles. The number of carboxylic acid groups (broad SMARTS) is 1. The molecule has 1 aromatic carbocycles. The monoisotopic (exact) mass is 205 g/mol. The molecule has 3 nitrogen and oxygen atoms in total. The number of benzene rings is 1. The van der Waals surface area contributed by atoms with Gasteiger partial charge in [0.25, 0.3) is 0 Å². The van der Waals surface area contributed by atoms with Gasteiger partial charge in [0.05, 0.1) is 5.56 Å². The van der Waals surface area contributed by atoms with Gasteiger partial charge in [-0.05, 0) is 25.0 Å². The van der Waals surface area contributed by atoms with Crippen LogP contribution in [0.15, 0.2) is 24.3 Å². The molecule has 0 atom stereocenters. The van der Waals surface area contributed by atoms with Crippen LogP contribution in [-0.4, -0.2) is 17.1 Å². The van der Waals surface area contributed by atoms with Crippen molar-refractivity contribution in [3.05, 3.63) is 29.8 Å². The standard InChI is InChI=1S/C12H15NO2/c14-12(15)10-7-3-4-8-11(10)13-9-5-1-2-6-9/h3-4,7-9,13H,1-2,5-6H2,(H,14,15). The molecular formula is C12H15NO2. The van der Waals surface area contributed by atoms with Gasteiger partial charge in [0.2, 0.25) is 0 Å². The molecule has 15 heavy (non-hydrogen) atoms. The predicted molar refractivity (Wildman–Crippen MR) is 59.3 cm³/mol. The average molecular weight is 205 g/mol. The molecule has 1 aromatic rings. The van der Waals surface area contributed by atoms with E-state index in [-0.39, 0.29) is 0 Å². The van der Waals surface area contributed by atoms with E-state index in [9.17, 15) is 4.79 Å². The number of anilines is 1. The van der Waals surface area contributed by atoms with Crippen LogP contribution < -0.4 is 5.32 Å². The van der Waals surface area contributed by atoms with Crippen LogP contribution in [0.25, 0.3) is 0 Å². The summed E-state index contributed by atoms with van der Waals surface area (Å²) in [6.07, 6.45) is 4.78. The van der Waals surface area contributed by atoms with Crippen molar-refractivity contribution in [3.8, 4) is 0 Å². The topological polar surface area (TPSA) is 49.3 Å². The van der Waals surface area contributed by atoms with E-state index in [1.807, 2.05) is 12.1 Å². The Hall–Kier alpha value is -1.51. The SMILES string of the molecule is O=C(O)c1ccccc1NC1CCCC1. The van der Waals surface area contributed by atoms with Crippen LogP contribution in [0.3, 0.4) is 0 Å². The third kappa shape index (κ3) is 2.29. The molecule has 80 valence electrons. The Bertz CT molecular complexity index is 356. The predicted octanol–water partition coefficient (Wildman–Crippen LogP) is 2.74. The maximum atomic E-state index is 11.0. The second kappa shape index (κ2) is 4.34. The normalized spacial score (nSPS) is 16.5. The molecule has 1 aliphatic rings. The van der Waals surface area contributed by atoms with Crippen LogP contribution in [0.2, 0.25) is 0 Å². The molecule has 0 amide bonds. The van der Waals surface area contributed by atoms with Crippen LogP contribution in [0.5, 0.6) is 0 Å². The van der Waals surface area contributed by atoms with Crippen LogP contribution >= 0.6 is 0 Å². The van der Waals surface area contributed by atoms with Crippen molar-refractivity contribution in [2.45, 2.75) is 31.7 Å². The lowest BCUT2D eigenvalue weighted by molar-refractivity contribution is 0.0698. The third-order valence-corrected chi connectivity index (χ3v) is 2.87. The van der Waals surface area contributed by atoms with Gasteiger partial charge in [-0.25, -0.2) is 4.79 Å². The molecule has 0 aromatic heterocycles. The first-order valence-electron chi connectivity index (χ1n) is 5.36. The summed E-state index contributed by atoms with van der Waals surface area (Å²) in [7, 11) is 0. The summed E-state index contributed by atoms with van der Waals surface area (Å²) in [6, 6.07) is 7.54. The maximum absolute atomic E-state index is 11.0. The van der Waals surface area contributed by atoms with Gasteiger partial charge in [0.1, 0.15) is 0 Å². The molecule has 3 heteroatoms. The minimum Gasteiger partial charge on any atom is -0.478 e. The molecule has 0 aliphatic heterocycles. The summed E-state index contributed by atoms with van der Waals surface area (Å²) in [5.74, 6) is -0.865. The second-order valence-electron chi connectivity index (χ2n) is 3.98. The highest BCUT2D eigenvalue weighted by Crippen LogP contribution is 2.24. The Morgan fingerprint density at radius 1 is 1.27 bits per heavy atom. The zero-order valence-corrected chi connectivity index (χ0v) is 8.57. The number of hydrogen-bond acceptors (Lipinski definition) is 2. The number of rotatable bonds is 3. The summed E-state index contributed by atoms with van der Waals surface area (Å²) in [6.45, 7) is 0. The molecule has 1 saturated carbocycles. The molecule has 0 bridgehead atoms. The van der Waals surface area contributed by atoms with Gasteiger partial charge in [0, 0.05) is 11.7 Å².